The van der Waals surface area contributed by atoms with Crippen LogP contribution in [0.5, 0.6) is 0 Å². The topological polar surface area (TPSA) is 32.3 Å². The van der Waals surface area contributed by atoms with Crippen LogP contribution in [-0.2, 0) is 0 Å². The maximum absolute atomic E-state index is 13.4. The zero-order valence-electron chi connectivity index (χ0n) is 8.92. The first-order valence-corrected chi connectivity index (χ1v) is 5.50. The largest absolute Gasteiger partial charge is 0.394 e. The molecule has 88 valence electrons. The molecule has 4 heteroatoms. The molecule has 0 heterocycles. The molecule has 2 N–H and O–H groups in total. The average molecular weight is 227 g/mol. The van der Waals surface area contributed by atoms with Gasteiger partial charge in [0.05, 0.1) is 12.6 Å². The van der Waals surface area contributed by atoms with Gasteiger partial charge in [0, 0.05) is 11.6 Å². The van der Waals surface area contributed by atoms with Crippen molar-refractivity contribution in [1.82, 2.24) is 5.32 Å². The van der Waals surface area contributed by atoms with Gasteiger partial charge in [0.2, 0.25) is 0 Å². The Labute approximate surface area is 93.3 Å². The number of halogens is 2. The average Bonchev–Trinajstić information content (AvgIpc) is 3.05. The van der Waals surface area contributed by atoms with Crippen LogP contribution in [0.3, 0.4) is 0 Å². The van der Waals surface area contributed by atoms with Crippen molar-refractivity contribution >= 4 is 0 Å². The van der Waals surface area contributed by atoms with Gasteiger partial charge in [-0.1, -0.05) is 6.07 Å². The minimum atomic E-state index is -0.609. The van der Waals surface area contributed by atoms with E-state index in [9.17, 15) is 13.9 Å². The summed E-state index contributed by atoms with van der Waals surface area (Å²) in [6.07, 6.45) is 2.38. The molecule has 0 spiro atoms. The Kier molecular flexibility index (Phi) is 3.51. The molecule has 0 radical (unpaired) electrons. The van der Waals surface area contributed by atoms with Gasteiger partial charge >= 0.3 is 0 Å². The van der Waals surface area contributed by atoms with Crippen molar-refractivity contribution < 1.29 is 13.9 Å². The monoisotopic (exact) mass is 227 g/mol. The van der Waals surface area contributed by atoms with E-state index in [0.29, 0.717) is 11.5 Å². The summed E-state index contributed by atoms with van der Waals surface area (Å²) in [4.78, 5) is 0. The van der Waals surface area contributed by atoms with E-state index in [0.717, 1.165) is 12.6 Å². The smallest absolute Gasteiger partial charge is 0.130 e. The highest BCUT2D eigenvalue weighted by molar-refractivity contribution is 5.22. The summed E-state index contributed by atoms with van der Waals surface area (Å²) >= 11 is 0. The molecule has 0 saturated heterocycles. The predicted molar refractivity (Wildman–Crippen MR) is 56.9 cm³/mol. The lowest BCUT2D eigenvalue weighted by Crippen LogP contribution is -2.27. The number of aliphatic hydroxyl groups excluding tert-OH is 1. The number of hydrogen-bond acceptors (Lipinski definition) is 2. The van der Waals surface area contributed by atoms with E-state index >= 15 is 0 Å². The molecule has 0 aliphatic heterocycles. The molecule has 2 rings (SSSR count). The fourth-order valence-electron chi connectivity index (χ4n) is 1.69. The normalized spacial score (nSPS) is 17.4. The van der Waals surface area contributed by atoms with Crippen LogP contribution < -0.4 is 5.32 Å². The molecule has 1 saturated carbocycles. The second-order valence-corrected chi connectivity index (χ2v) is 4.25. The van der Waals surface area contributed by atoms with E-state index < -0.39 is 17.7 Å². The number of benzene rings is 1. The van der Waals surface area contributed by atoms with Gasteiger partial charge in [0.1, 0.15) is 11.6 Å². The van der Waals surface area contributed by atoms with Crippen molar-refractivity contribution in [3.63, 3.8) is 0 Å². The molecule has 1 aromatic rings. The fraction of sp³-hybridized carbons (Fsp3) is 0.500. The van der Waals surface area contributed by atoms with Crippen molar-refractivity contribution in [2.45, 2.75) is 18.9 Å². The molecule has 0 aromatic heterocycles. The van der Waals surface area contributed by atoms with Crippen LogP contribution in [0.2, 0.25) is 0 Å². The highest BCUT2D eigenvalue weighted by atomic mass is 19.1. The van der Waals surface area contributed by atoms with E-state index in [4.69, 9.17) is 0 Å². The third-order valence-electron chi connectivity index (χ3n) is 2.87. The van der Waals surface area contributed by atoms with Crippen molar-refractivity contribution in [3.05, 3.63) is 35.4 Å². The van der Waals surface area contributed by atoms with Crippen LogP contribution in [0.4, 0.5) is 8.78 Å². The van der Waals surface area contributed by atoms with Gasteiger partial charge in [-0.05, 0) is 31.4 Å². The summed E-state index contributed by atoms with van der Waals surface area (Å²) in [7, 11) is 0. The summed E-state index contributed by atoms with van der Waals surface area (Å²) in [5.74, 6) is -0.556. The molecule has 16 heavy (non-hydrogen) atoms. The lowest BCUT2D eigenvalue weighted by atomic mass is 10.1. The fourth-order valence-corrected chi connectivity index (χ4v) is 1.69. The van der Waals surface area contributed by atoms with E-state index in [2.05, 4.69) is 5.32 Å². The summed E-state index contributed by atoms with van der Waals surface area (Å²) in [6.45, 7) is 0.595. The molecule has 1 atom stereocenters. The Morgan fingerprint density at radius 1 is 1.38 bits per heavy atom. The van der Waals surface area contributed by atoms with Crippen molar-refractivity contribution in [2.75, 3.05) is 13.2 Å². The Balaban J connectivity index is 2.05. The Morgan fingerprint density at radius 2 is 2.12 bits per heavy atom. The number of hydrogen-bond donors (Lipinski definition) is 2. The van der Waals surface area contributed by atoms with Gasteiger partial charge in [0.15, 0.2) is 0 Å². The Morgan fingerprint density at radius 3 is 2.69 bits per heavy atom. The molecule has 2 nitrogen and oxygen atoms in total. The Bertz CT molecular complexity index is 366. The second-order valence-electron chi connectivity index (χ2n) is 4.25. The van der Waals surface area contributed by atoms with Gasteiger partial charge < -0.3 is 10.4 Å². The van der Waals surface area contributed by atoms with Crippen molar-refractivity contribution in [3.8, 4) is 0 Å². The van der Waals surface area contributed by atoms with Gasteiger partial charge in [-0.15, -0.1) is 0 Å². The van der Waals surface area contributed by atoms with E-state index in [1.165, 1.54) is 25.0 Å². The zero-order valence-corrected chi connectivity index (χ0v) is 8.92. The summed E-state index contributed by atoms with van der Waals surface area (Å²) in [6, 6.07) is 2.99. The number of rotatable bonds is 5. The minimum Gasteiger partial charge on any atom is -0.394 e. The van der Waals surface area contributed by atoms with Crippen LogP contribution in [0.25, 0.3) is 0 Å². The lowest BCUT2D eigenvalue weighted by Gasteiger charge is -2.17. The maximum atomic E-state index is 13.4. The molecule has 0 bridgehead atoms. The third-order valence-corrected chi connectivity index (χ3v) is 2.87. The molecular weight excluding hydrogens is 212 g/mol. The molecule has 1 aliphatic rings. The Hall–Kier alpha value is -1.00. The molecule has 0 amide bonds. The van der Waals surface area contributed by atoms with Crippen molar-refractivity contribution in [2.24, 2.45) is 5.92 Å². The van der Waals surface area contributed by atoms with Crippen LogP contribution in [0.15, 0.2) is 18.2 Å². The first-order chi connectivity index (χ1) is 7.70. The van der Waals surface area contributed by atoms with Crippen LogP contribution in [-0.4, -0.2) is 18.3 Å². The first-order valence-electron chi connectivity index (χ1n) is 5.50. The SMILES string of the molecule is OCC(NCC1CC1)c1ccc(F)cc1F. The maximum Gasteiger partial charge on any atom is 0.130 e. The number of nitrogens with one attached hydrogen (secondary N) is 1. The molecule has 1 aromatic carbocycles. The molecule has 1 aliphatic carbocycles. The highest BCUT2D eigenvalue weighted by Gasteiger charge is 2.23. The lowest BCUT2D eigenvalue weighted by molar-refractivity contribution is 0.240. The standard InChI is InChI=1S/C12H15F2NO/c13-9-3-4-10(11(14)5-9)12(7-16)15-6-8-1-2-8/h3-5,8,12,15-16H,1-2,6-7H2. The summed E-state index contributed by atoms with van der Waals surface area (Å²) in [5, 5.41) is 12.3. The summed E-state index contributed by atoms with van der Waals surface area (Å²) in [5.41, 5.74) is 0.324. The van der Waals surface area contributed by atoms with Gasteiger partial charge in [0.25, 0.3) is 0 Å². The second kappa shape index (κ2) is 4.89. The zero-order chi connectivity index (χ0) is 11.5. The third kappa shape index (κ3) is 2.77. The van der Waals surface area contributed by atoms with E-state index in [-0.39, 0.29) is 6.61 Å². The summed E-state index contributed by atoms with van der Waals surface area (Å²) < 4.78 is 26.2. The van der Waals surface area contributed by atoms with E-state index in [1.54, 1.807) is 0 Å². The van der Waals surface area contributed by atoms with Gasteiger partial charge in [-0.2, -0.15) is 0 Å². The molecular formula is C12H15F2NO. The highest BCUT2D eigenvalue weighted by Crippen LogP contribution is 2.28. The molecule has 1 fully saturated rings. The van der Waals surface area contributed by atoms with Gasteiger partial charge in [-0.25, -0.2) is 8.78 Å². The minimum absolute atomic E-state index is 0.185. The first kappa shape index (κ1) is 11.5. The van der Waals surface area contributed by atoms with Crippen LogP contribution in [0.1, 0.15) is 24.4 Å². The van der Waals surface area contributed by atoms with E-state index in [1.807, 2.05) is 0 Å². The van der Waals surface area contributed by atoms with Crippen LogP contribution in [0, 0.1) is 17.6 Å². The number of aliphatic hydroxyl groups is 1. The van der Waals surface area contributed by atoms with Gasteiger partial charge in [-0.3, -0.25) is 0 Å². The van der Waals surface area contributed by atoms with Crippen molar-refractivity contribution in [1.29, 1.82) is 0 Å². The quantitative estimate of drug-likeness (QED) is 0.806. The molecule has 1 unspecified atom stereocenters. The predicted octanol–water partition coefficient (Wildman–Crippen LogP) is 2.00. The van der Waals surface area contributed by atoms with Crippen LogP contribution >= 0.6 is 0 Å².